The number of ether oxygens (including phenoxy) is 1. The van der Waals surface area contributed by atoms with Crippen molar-refractivity contribution in [1.82, 2.24) is 5.32 Å². The molecule has 0 rings (SSSR count). The average molecular weight is 704 g/mol. The van der Waals surface area contributed by atoms with E-state index in [0.717, 1.165) is 70.6 Å². The summed E-state index contributed by atoms with van der Waals surface area (Å²) in [6.45, 7) is 4.21. The van der Waals surface area contributed by atoms with E-state index in [9.17, 15) is 14.4 Å². The Morgan fingerprint density at radius 2 is 0.920 bits per heavy atom. The molecule has 6 heteroatoms. The first-order valence-corrected chi connectivity index (χ1v) is 21.5. The number of carboxylic acids is 1. The molecule has 0 aromatic rings. The first-order valence-electron chi connectivity index (χ1n) is 21.5. The monoisotopic (exact) mass is 704 g/mol. The first kappa shape index (κ1) is 47.9. The summed E-state index contributed by atoms with van der Waals surface area (Å²) in [6, 6.07) is 0. The highest BCUT2D eigenvalue weighted by atomic mass is 16.5. The molecule has 0 fully saturated rings. The van der Waals surface area contributed by atoms with Gasteiger partial charge in [0.15, 0.2) is 0 Å². The minimum Gasteiger partial charge on any atom is -0.480 e. The zero-order valence-corrected chi connectivity index (χ0v) is 33.0. The minimum absolute atomic E-state index is 0.0208. The van der Waals surface area contributed by atoms with Gasteiger partial charge < -0.3 is 15.2 Å². The number of amides is 1. The van der Waals surface area contributed by atoms with E-state index in [1.807, 2.05) is 0 Å². The lowest BCUT2D eigenvalue weighted by Crippen LogP contribution is -2.28. The van der Waals surface area contributed by atoms with E-state index in [-0.39, 0.29) is 24.5 Å². The highest BCUT2D eigenvalue weighted by Gasteiger charge is 2.14. The third-order valence-corrected chi connectivity index (χ3v) is 9.63. The van der Waals surface area contributed by atoms with Gasteiger partial charge in [0, 0.05) is 12.8 Å². The molecule has 0 aliphatic heterocycles. The Labute approximate surface area is 309 Å². The van der Waals surface area contributed by atoms with Crippen LogP contribution in [-0.2, 0) is 19.1 Å². The molecule has 0 aromatic carbocycles. The quantitative estimate of drug-likeness (QED) is 0.0378. The molecule has 6 nitrogen and oxygen atoms in total. The molecule has 0 saturated heterocycles. The van der Waals surface area contributed by atoms with Gasteiger partial charge in [-0.15, -0.1) is 0 Å². The third-order valence-electron chi connectivity index (χ3n) is 9.63. The normalized spacial score (nSPS) is 12.2. The lowest BCUT2D eigenvalue weighted by molar-refractivity contribution is -0.150. The number of rotatable bonds is 39. The van der Waals surface area contributed by atoms with E-state index in [4.69, 9.17) is 9.84 Å². The molecule has 292 valence electrons. The molecule has 50 heavy (non-hydrogen) atoms. The third kappa shape index (κ3) is 38.7. The molecule has 0 saturated carbocycles. The standard InChI is InChI=1S/C44H81NO5/c1-3-5-7-9-11-13-15-16-17-18-19-20-21-22-24-26-31-35-39-44(49)50-41(36-32-28-25-23-14-12-10-8-6-4-2)37-33-29-27-30-34-38-42(46)45-40-43(47)48/h13,15,17-18,41H,3-12,14,16,19-40H2,1-2H3,(H,45,46)(H,47,48)/b15-13-,18-17-. The van der Waals surface area contributed by atoms with E-state index >= 15 is 0 Å². The molecule has 0 aromatic heterocycles. The van der Waals surface area contributed by atoms with Gasteiger partial charge in [0.2, 0.25) is 5.91 Å². The summed E-state index contributed by atoms with van der Waals surface area (Å²) in [5, 5.41) is 11.1. The summed E-state index contributed by atoms with van der Waals surface area (Å²) in [6.07, 6.45) is 47.3. The first-order chi connectivity index (χ1) is 24.5. The van der Waals surface area contributed by atoms with Crippen molar-refractivity contribution in [3.63, 3.8) is 0 Å². The Hall–Kier alpha value is -2.11. The lowest BCUT2D eigenvalue weighted by Gasteiger charge is -2.18. The van der Waals surface area contributed by atoms with Crippen molar-refractivity contribution < 1.29 is 24.2 Å². The van der Waals surface area contributed by atoms with E-state index in [2.05, 4.69) is 43.5 Å². The van der Waals surface area contributed by atoms with Gasteiger partial charge in [-0.05, 0) is 70.6 Å². The van der Waals surface area contributed by atoms with Crippen molar-refractivity contribution in [3.05, 3.63) is 24.3 Å². The molecular weight excluding hydrogens is 622 g/mol. The van der Waals surface area contributed by atoms with Crippen molar-refractivity contribution in [1.29, 1.82) is 0 Å². The second kappa shape index (κ2) is 39.7. The maximum absolute atomic E-state index is 12.7. The molecule has 0 aliphatic carbocycles. The Balaban J connectivity index is 4.10. The van der Waals surface area contributed by atoms with Crippen molar-refractivity contribution in [2.45, 2.75) is 232 Å². The number of allylic oxidation sites excluding steroid dienone is 4. The molecule has 0 aliphatic rings. The number of hydrogen-bond acceptors (Lipinski definition) is 4. The van der Waals surface area contributed by atoms with E-state index in [1.54, 1.807) is 0 Å². The molecule has 1 amide bonds. The number of aliphatic carboxylic acids is 1. The van der Waals surface area contributed by atoms with Crippen LogP contribution in [0.1, 0.15) is 226 Å². The molecule has 0 spiro atoms. The van der Waals surface area contributed by atoms with E-state index in [1.165, 1.54) is 128 Å². The van der Waals surface area contributed by atoms with Crippen LogP contribution in [-0.4, -0.2) is 35.6 Å². The SMILES string of the molecule is CCCCCC/C=C\C/C=C\CCCCCCCCCC(=O)OC(CCCCCCCCCCCC)CCCCCCCC(=O)NCC(=O)O. The number of nitrogens with one attached hydrogen (secondary N) is 1. The molecule has 1 atom stereocenters. The smallest absolute Gasteiger partial charge is 0.322 e. The van der Waals surface area contributed by atoms with E-state index in [0.29, 0.717) is 12.8 Å². The fourth-order valence-electron chi connectivity index (χ4n) is 6.43. The van der Waals surface area contributed by atoms with Crippen LogP contribution in [0.4, 0.5) is 0 Å². The van der Waals surface area contributed by atoms with Gasteiger partial charge in [0.1, 0.15) is 12.6 Å². The Morgan fingerprint density at radius 3 is 1.40 bits per heavy atom. The molecule has 0 radical (unpaired) electrons. The van der Waals surface area contributed by atoms with Crippen LogP contribution in [0.5, 0.6) is 0 Å². The predicted molar refractivity (Wildman–Crippen MR) is 213 cm³/mol. The number of unbranched alkanes of at least 4 members (excludes halogenated alkanes) is 24. The maximum Gasteiger partial charge on any atom is 0.322 e. The van der Waals surface area contributed by atoms with Gasteiger partial charge in [-0.25, -0.2) is 0 Å². The van der Waals surface area contributed by atoms with Crippen molar-refractivity contribution in [2.24, 2.45) is 0 Å². The number of esters is 1. The molecule has 0 bridgehead atoms. The predicted octanol–water partition coefficient (Wildman–Crippen LogP) is 13.1. The van der Waals surface area contributed by atoms with Crippen LogP contribution in [0.2, 0.25) is 0 Å². The fourth-order valence-corrected chi connectivity index (χ4v) is 6.43. The van der Waals surface area contributed by atoms with Gasteiger partial charge in [-0.3, -0.25) is 14.4 Å². The number of carboxylic acid groups (broad SMARTS) is 1. The average Bonchev–Trinajstić information content (AvgIpc) is 3.10. The van der Waals surface area contributed by atoms with Gasteiger partial charge in [-0.2, -0.15) is 0 Å². The zero-order chi connectivity index (χ0) is 36.6. The minimum atomic E-state index is -1.02. The van der Waals surface area contributed by atoms with Crippen LogP contribution in [0.3, 0.4) is 0 Å². The van der Waals surface area contributed by atoms with Crippen LogP contribution >= 0.6 is 0 Å². The van der Waals surface area contributed by atoms with Crippen LogP contribution < -0.4 is 5.32 Å². The fraction of sp³-hybridized carbons (Fsp3) is 0.841. The summed E-state index contributed by atoms with van der Waals surface area (Å²) >= 11 is 0. The Morgan fingerprint density at radius 1 is 0.520 bits per heavy atom. The van der Waals surface area contributed by atoms with Gasteiger partial charge >= 0.3 is 11.9 Å². The summed E-state index contributed by atoms with van der Waals surface area (Å²) in [5.41, 5.74) is 0. The number of carbonyl (C=O) groups excluding carboxylic acids is 2. The van der Waals surface area contributed by atoms with E-state index < -0.39 is 5.97 Å². The summed E-state index contributed by atoms with van der Waals surface area (Å²) in [5.74, 6) is -1.23. The maximum atomic E-state index is 12.7. The van der Waals surface area contributed by atoms with Crippen molar-refractivity contribution in [3.8, 4) is 0 Å². The van der Waals surface area contributed by atoms with Gasteiger partial charge in [0.25, 0.3) is 0 Å². The van der Waals surface area contributed by atoms with Crippen molar-refractivity contribution >= 4 is 17.8 Å². The Bertz CT molecular complexity index is 823. The lowest BCUT2D eigenvalue weighted by atomic mass is 10.0. The summed E-state index contributed by atoms with van der Waals surface area (Å²) in [4.78, 5) is 35.0. The summed E-state index contributed by atoms with van der Waals surface area (Å²) in [7, 11) is 0. The molecule has 1 unspecified atom stereocenters. The Kier molecular flexibility index (Phi) is 38.0. The van der Waals surface area contributed by atoms with Gasteiger partial charge in [0.05, 0.1) is 0 Å². The van der Waals surface area contributed by atoms with Crippen LogP contribution in [0.25, 0.3) is 0 Å². The number of carbonyl (C=O) groups is 3. The van der Waals surface area contributed by atoms with Crippen LogP contribution in [0.15, 0.2) is 24.3 Å². The molecule has 2 N–H and O–H groups in total. The molecular formula is C44H81NO5. The van der Waals surface area contributed by atoms with Gasteiger partial charge in [-0.1, -0.05) is 167 Å². The van der Waals surface area contributed by atoms with Crippen molar-refractivity contribution in [2.75, 3.05) is 6.54 Å². The largest absolute Gasteiger partial charge is 0.480 e. The van der Waals surface area contributed by atoms with Crippen LogP contribution in [0, 0.1) is 0 Å². The second-order valence-corrected chi connectivity index (χ2v) is 14.6. The highest BCUT2D eigenvalue weighted by molar-refractivity contribution is 5.80. The topological polar surface area (TPSA) is 92.7 Å². The zero-order valence-electron chi connectivity index (χ0n) is 33.0. The number of hydrogen-bond donors (Lipinski definition) is 2. The summed E-state index contributed by atoms with van der Waals surface area (Å²) < 4.78 is 6.02. The molecule has 0 heterocycles. The highest BCUT2D eigenvalue weighted by Crippen LogP contribution is 2.19. The second-order valence-electron chi connectivity index (χ2n) is 14.6.